The van der Waals surface area contributed by atoms with Gasteiger partial charge in [-0.25, -0.2) is 20.2 Å². The van der Waals surface area contributed by atoms with E-state index in [1.54, 1.807) is 17.9 Å². The molecule has 0 unspecified atom stereocenters. The van der Waals surface area contributed by atoms with Gasteiger partial charge in [0.25, 0.3) is 11.4 Å². The van der Waals surface area contributed by atoms with E-state index in [-0.39, 0.29) is 11.4 Å². The van der Waals surface area contributed by atoms with Gasteiger partial charge in [-0.2, -0.15) is 0 Å². The summed E-state index contributed by atoms with van der Waals surface area (Å²) in [6.07, 6.45) is 12.8. The predicted molar refractivity (Wildman–Crippen MR) is 295 cm³/mol. The van der Waals surface area contributed by atoms with E-state index < -0.39 is 7.26 Å². The van der Waals surface area contributed by atoms with Gasteiger partial charge in [-0.1, -0.05) is 48.6 Å². The molecule has 5 nitrogen and oxygen atoms in total. The third-order valence-corrected chi connectivity index (χ3v) is 18.5. The van der Waals surface area contributed by atoms with Gasteiger partial charge in [0.1, 0.15) is 0 Å². The topological polar surface area (TPSA) is 65.5 Å². The van der Waals surface area contributed by atoms with Crippen LogP contribution in [0.25, 0.3) is 77.0 Å². The number of fused-ring (bicyclic) bond motifs is 2. The number of hydrogen-bond donors (Lipinski definition) is 0. The van der Waals surface area contributed by atoms with Gasteiger partial charge in [-0.3, -0.25) is 0 Å². The second-order valence-electron chi connectivity index (χ2n) is 17.0. The summed E-state index contributed by atoms with van der Waals surface area (Å²) in [6.45, 7) is 21.3. The van der Waals surface area contributed by atoms with Gasteiger partial charge in [0, 0.05) is 10.4 Å². The minimum atomic E-state index is -2.52. The van der Waals surface area contributed by atoms with Gasteiger partial charge in [-0.15, -0.1) is 0 Å². The molecule has 1 aliphatic rings. The molecule has 1 saturated heterocycles. The van der Waals surface area contributed by atoms with E-state index in [0.29, 0.717) is 45.2 Å². The van der Waals surface area contributed by atoms with E-state index in [2.05, 4.69) is 173 Å². The summed E-state index contributed by atoms with van der Waals surface area (Å²) in [4.78, 5) is 7.41. The van der Waals surface area contributed by atoms with E-state index in [1.165, 1.54) is 21.5 Å². The predicted octanol–water partition coefficient (Wildman–Crippen LogP) is 13.1. The van der Waals surface area contributed by atoms with Crippen LogP contribution < -0.4 is 26.4 Å². The molecule has 0 amide bonds. The minimum absolute atomic E-state index is 0.0635. The second-order valence-corrected chi connectivity index (χ2v) is 21.0. The maximum atomic E-state index is 10.4. The number of ether oxygens (including phenoxy) is 1. The first-order valence-electron chi connectivity index (χ1n) is 23.4. The molecule has 9 rings (SSSR count). The van der Waals surface area contributed by atoms with E-state index in [1.807, 2.05) is 79.7 Å². The first kappa shape index (κ1) is 48.5. The van der Waals surface area contributed by atoms with Crippen LogP contribution in [0.4, 0.5) is 0 Å². The summed E-state index contributed by atoms with van der Waals surface area (Å²) in [5, 5.41) is 29.1. The van der Waals surface area contributed by atoms with Crippen molar-refractivity contribution in [1.82, 2.24) is 0 Å². The van der Waals surface area contributed by atoms with Crippen molar-refractivity contribution in [3.8, 4) is 38.8 Å². The van der Waals surface area contributed by atoms with Crippen LogP contribution in [0.5, 0.6) is 0 Å². The van der Waals surface area contributed by atoms with E-state index in [9.17, 15) is 10.5 Å². The first-order valence-corrected chi connectivity index (χ1v) is 26.4. The third-order valence-electron chi connectivity index (χ3n) is 13.1. The quantitative estimate of drug-likeness (QED) is 0.0593. The van der Waals surface area contributed by atoms with E-state index in [0.717, 1.165) is 49.8 Å². The average molecular weight is 1120 g/mol. The number of benzene rings is 8. The van der Waals surface area contributed by atoms with Crippen molar-refractivity contribution in [3.63, 3.8) is 0 Å². The summed E-state index contributed by atoms with van der Waals surface area (Å²) in [6, 6.07) is 65.0. The Morgan fingerprint density at radius 2 is 0.986 bits per heavy atom. The molecule has 1 heterocycles. The fourth-order valence-electron chi connectivity index (χ4n) is 9.66. The van der Waals surface area contributed by atoms with E-state index in [4.69, 9.17) is 17.9 Å². The molecule has 8 aromatic rings. The molecule has 0 saturated carbocycles. The molecular weight excluding hydrogens is 1070 g/mol. The molecule has 8 aromatic carbocycles. The zero-order valence-electron chi connectivity index (χ0n) is 39.6. The van der Waals surface area contributed by atoms with Crippen molar-refractivity contribution in [2.75, 3.05) is 13.2 Å². The smallest absolute Gasteiger partial charge is 0.226 e. The van der Waals surface area contributed by atoms with Gasteiger partial charge in [0.05, 0.1) is 25.3 Å². The van der Waals surface area contributed by atoms with Crippen molar-refractivity contribution < 1.29 is 22.7 Å². The molecule has 7 heteroatoms. The molecule has 0 aromatic heterocycles. The Morgan fingerprint density at radius 1 is 0.556 bits per heavy atom. The zero-order valence-corrected chi connectivity index (χ0v) is 43.1. The van der Waals surface area contributed by atoms with Crippen molar-refractivity contribution in [2.24, 2.45) is 0 Å². The van der Waals surface area contributed by atoms with Crippen molar-refractivity contribution in [1.29, 1.82) is 10.5 Å². The SMILES string of the molecule is [C-]#[N+]/C(C#N)=c1\c2cc(-c3ccc(/C=C/C(C=C4COCC4=CC)=C([C]#[Os])[P+](c4ccccc4)(c4ccccc4)c4ccccc4)cc3)ccc2/c(=C(/C#N)[N+]#[C-])c2cc(-c3ccc(/C=C/C)cc3)ccc12. The van der Waals surface area contributed by atoms with Crippen LogP contribution in [-0.2, 0) is 22.7 Å². The number of hydrogen-bond acceptors (Lipinski definition) is 3. The van der Waals surface area contributed by atoms with Crippen LogP contribution in [-0.4, -0.2) is 13.2 Å². The van der Waals surface area contributed by atoms with Crippen LogP contribution >= 0.6 is 7.26 Å². The fourth-order valence-corrected chi connectivity index (χ4v) is 15.5. The van der Waals surface area contributed by atoms with Crippen molar-refractivity contribution in [2.45, 2.75) is 13.8 Å². The first-order chi connectivity index (χ1) is 35.4. The van der Waals surface area contributed by atoms with Gasteiger partial charge >= 0.3 is 272 Å². The zero-order chi connectivity index (χ0) is 50.0. The number of nitriles is 2. The molecule has 0 aliphatic carbocycles. The van der Waals surface area contributed by atoms with Crippen LogP contribution in [0.15, 0.2) is 222 Å². The fraction of sp³-hybridized carbons (Fsp3) is 0.0615. The average Bonchev–Trinajstić information content (AvgIpc) is 3.90. The van der Waals surface area contributed by atoms with Crippen molar-refractivity contribution in [3.05, 3.63) is 267 Å². The minimum Gasteiger partial charge on any atom is -0.226 e. The Labute approximate surface area is 431 Å². The Hall–Kier alpha value is -8.51. The van der Waals surface area contributed by atoms with Gasteiger partial charge < -0.3 is 0 Å². The van der Waals surface area contributed by atoms with Gasteiger partial charge in [0.2, 0.25) is 0 Å². The normalized spacial score (nSPS) is 14.9. The van der Waals surface area contributed by atoms with Crippen LogP contribution in [0.3, 0.4) is 0 Å². The molecule has 0 atom stereocenters. The molecule has 0 bridgehead atoms. The molecule has 1 aliphatic heterocycles. The molecule has 1 fully saturated rings. The number of nitrogens with zero attached hydrogens (tertiary/aromatic N) is 4. The Morgan fingerprint density at radius 3 is 1.39 bits per heavy atom. The maximum absolute atomic E-state index is 10.4. The molecular formula is C65H45N4OOsP+. The molecule has 0 spiro atoms. The van der Waals surface area contributed by atoms with Crippen molar-refractivity contribution >= 4 is 68.3 Å². The van der Waals surface area contributed by atoms with E-state index >= 15 is 0 Å². The second kappa shape index (κ2) is 22.1. The third kappa shape index (κ3) is 9.30. The number of allylic oxidation sites excluding steroid dienone is 6. The Bertz CT molecular complexity index is 3800. The van der Waals surface area contributed by atoms with Crippen LogP contribution in [0.1, 0.15) is 25.0 Å². The summed E-state index contributed by atoms with van der Waals surface area (Å²) < 4.78 is 9.83. The molecule has 343 valence electrons. The number of rotatable bonds is 10. The standard InChI is InChI=1S/C65H45N4OP.Os/c1-6-17-46-24-29-49(30-25-46)52-34-36-58-60(39-52)64(62(41-66)68-4)59-37-35-53(40-61(59)65(58)63(42-67)69-5)50-31-26-47(27-32-50)28-33-51(38-54-44-70-43-48(54)7-2)45(3)71(55-18-11-8-12-19-55,56-20-13-9-14-21-56)57-22-15-10-16-23-57;/h6-40H,43-44H2,1-2H3;/q+1;/b17-6+,33-28+,48-7?,51-45?,54-38?,64-62+,65-63-;. The molecule has 0 radical (unpaired) electrons. The summed E-state index contributed by atoms with van der Waals surface area (Å²) in [5.74, 6) is 0. The molecule has 72 heavy (non-hydrogen) atoms. The summed E-state index contributed by atoms with van der Waals surface area (Å²) >= 11 is 1.76. The summed E-state index contributed by atoms with van der Waals surface area (Å²) in [7, 11) is -2.52. The molecule has 0 N–H and O–H groups in total. The monoisotopic (exact) mass is 1120 g/mol. The van der Waals surface area contributed by atoms with Crippen LogP contribution in [0.2, 0.25) is 0 Å². The van der Waals surface area contributed by atoms with Gasteiger partial charge in [-0.05, 0) is 45.8 Å². The Kier molecular flexibility index (Phi) is 14.9. The van der Waals surface area contributed by atoms with Gasteiger partial charge in [0.15, 0.2) is 0 Å². The Balaban J connectivity index is 1.21. The summed E-state index contributed by atoms with van der Waals surface area (Å²) in [5.41, 5.74) is 8.93. The van der Waals surface area contributed by atoms with Crippen LogP contribution in [0, 0.1) is 40.2 Å².